The number of unbranched alkanes of at least 4 members (excludes halogenated alkanes) is 1. The minimum absolute atomic E-state index is 0.244. The van der Waals surface area contributed by atoms with Crippen molar-refractivity contribution in [2.24, 2.45) is 11.5 Å². The molecule has 0 aliphatic heterocycles. The lowest BCUT2D eigenvalue weighted by Crippen LogP contribution is -2.34. The van der Waals surface area contributed by atoms with Crippen LogP contribution in [-0.4, -0.2) is 30.2 Å². The highest BCUT2D eigenvalue weighted by molar-refractivity contribution is 9.10. The molecule has 0 aliphatic rings. The summed E-state index contributed by atoms with van der Waals surface area (Å²) >= 11 is 3.47. The van der Waals surface area contributed by atoms with E-state index >= 15 is 0 Å². The molecule has 0 fully saturated rings. The molecule has 0 bridgehead atoms. The number of hydrogen-bond acceptors (Lipinski definition) is 6. The number of carbonyl (C=O) groups excluding carboxylic acids is 1. The van der Waals surface area contributed by atoms with Gasteiger partial charge < -0.3 is 16.2 Å². The Labute approximate surface area is 201 Å². The summed E-state index contributed by atoms with van der Waals surface area (Å²) in [5.74, 6) is 0.289. The van der Waals surface area contributed by atoms with Gasteiger partial charge in [-0.2, -0.15) is 10.5 Å². The monoisotopic (exact) mass is 505 g/mol. The van der Waals surface area contributed by atoms with Gasteiger partial charge in [0.25, 0.3) is 0 Å². The van der Waals surface area contributed by atoms with Crippen molar-refractivity contribution in [2.45, 2.75) is 25.3 Å². The molecule has 7 nitrogen and oxygen atoms in total. The minimum atomic E-state index is -0.675. The molecule has 2 aromatic carbocycles. The van der Waals surface area contributed by atoms with E-state index in [1.807, 2.05) is 18.2 Å². The number of hydrogen-bond donors (Lipinski definition) is 2. The SMILES string of the molecule is COc1ccc(C#N)cc1/C=C(\C#N)c1cn(C(=O)[C@H](N)CCCCN)c2ccc(Br)cc12. The first-order chi connectivity index (χ1) is 15.9. The van der Waals surface area contributed by atoms with Gasteiger partial charge in [-0.1, -0.05) is 22.4 Å². The van der Waals surface area contributed by atoms with Crippen LogP contribution in [0.4, 0.5) is 0 Å². The lowest BCUT2D eigenvalue weighted by Gasteiger charge is -2.11. The molecule has 3 aromatic rings. The van der Waals surface area contributed by atoms with Crippen LogP contribution in [0.3, 0.4) is 0 Å². The van der Waals surface area contributed by atoms with Crippen LogP contribution >= 0.6 is 15.9 Å². The summed E-state index contributed by atoms with van der Waals surface area (Å²) in [6.45, 7) is 0.554. The van der Waals surface area contributed by atoms with E-state index in [9.17, 15) is 15.3 Å². The summed E-state index contributed by atoms with van der Waals surface area (Å²) < 4.78 is 7.73. The highest BCUT2D eigenvalue weighted by Gasteiger charge is 2.21. The van der Waals surface area contributed by atoms with Crippen LogP contribution in [0.2, 0.25) is 0 Å². The number of nitriles is 2. The first kappa shape index (κ1) is 24.2. The fourth-order valence-corrected chi connectivity index (χ4v) is 4.01. The zero-order valence-electron chi connectivity index (χ0n) is 18.2. The molecule has 0 saturated heterocycles. The third-order valence-corrected chi connectivity index (χ3v) is 5.85. The molecule has 1 atom stereocenters. The summed E-state index contributed by atoms with van der Waals surface area (Å²) in [6.07, 6.45) is 5.40. The van der Waals surface area contributed by atoms with E-state index in [4.69, 9.17) is 16.2 Å². The van der Waals surface area contributed by atoms with E-state index in [0.717, 1.165) is 22.7 Å². The zero-order valence-corrected chi connectivity index (χ0v) is 19.8. The lowest BCUT2D eigenvalue weighted by atomic mass is 10.0. The Morgan fingerprint density at radius 2 is 2.03 bits per heavy atom. The molecule has 1 heterocycles. The smallest absolute Gasteiger partial charge is 0.247 e. The van der Waals surface area contributed by atoms with Gasteiger partial charge in [-0.05, 0) is 61.9 Å². The van der Waals surface area contributed by atoms with Crippen molar-refractivity contribution in [2.75, 3.05) is 13.7 Å². The van der Waals surface area contributed by atoms with E-state index in [1.54, 1.807) is 30.5 Å². The van der Waals surface area contributed by atoms with Gasteiger partial charge in [0.05, 0.1) is 41.9 Å². The Hall–Kier alpha value is -3.43. The van der Waals surface area contributed by atoms with Gasteiger partial charge in [-0.3, -0.25) is 9.36 Å². The Morgan fingerprint density at radius 3 is 2.70 bits per heavy atom. The third-order valence-electron chi connectivity index (χ3n) is 5.36. The molecule has 8 heteroatoms. The number of rotatable bonds is 8. The van der Waals surface area contributed by atoms with E-state index < -0.39 is 6.04 Å². The fraction of sp³-hybridized carbons (Fsp3) is 0.240. The molecule has 3 rings (SSSR count). The topological polar surface area (TPSA) is 131 Å². The fourth-order valence-electron chi connectivity index (χ4n) is 3.65. The molecule has 0 amide bonds. The third kappa shape index (κ3) is 5.32. The van der Waals surface area contributed by atoms with Gasteiger partial charge in [0.1, 0.15) is 5.75 Å². The van der Waals surface area contributed by atoms with Crippen LogP contribution in [0, 0.1) is 22.7 Å². The van der Waals surface area contributed by atoms with Crippen LogP contribution in [0.1, 0.15) is 40.7 Å². The molecule has 168 valence electrons. The van der Waals surface area contributed by atoms with Crippen molar-refractivity contribution >= 4 is 44.4 Å². The van der Waals surface area contributed by atoms with E-state index in [0.29, 0.717) is 46.5 Å². The predicted octanol–water partition coefficient (Wildman–Crippen LogP) is 4.44. The molecule has 1 aromatic heterocycles. The number of benzene rings is 2. The van der Waals surface area contributed by atoms with Gasteiger partial charge >= 0.3 is 0 Å². The Kier molecular flexibility index (Phi) is 8.02. The van der Waals surface area contributed by atoms with E-state index in [2.05, 4.69) is 28.1 Å². The van der Waals surface area contributed by atoms with Crippen molar-refractivity contribution in [3.8, 4) is 17.9 Å². The Bertz CT molecular complexity index is 1300. The van der Waals surface area contributed by atoms with Crippen molar-refractivity contribution in [1.29, 1.82) is 10.5 Å². The van der Waals surface area contributed by atoms with Gasteiger partial charge in [0, 0.05) is 27.2 Å². The minimum Gasteiger partial charge on any atom is -0.496 e. The molecule has 0 unspecified atom stereocenters. The molecule has 33 heavy (non-hydrogen) atoms. The predicted molar refractivity (Wildman–Crippen MR) is 132 cm³/mol. The highest BCUT2D eigenvalue weighted by Crippen LogP contribution is 2.33. The van der Waals surface area contributed by atoms with Gasteiger partial charge in [-0.25, -0.2) is 0 Å². The van der Waals surface area contributed by atoms with Crippen LogP contribution in [0.5, 0.6) is 5.75 Å². The van der Waals surface area contributed by atoms with Gasteiger partial charge in [0.2, 0.25) is 5.91 Å². The van der Waals surface area contributed by atoms with Crippen molar-refractivity contribution in [3.63, 3.8) is 0 Å². The number of halogens is 1. The number of ether oxygens (including phenoxy) is 1. The molecule has 0 aliphatic carbocycles. The zero-order chi connectivity index (χ0) is 24.0. The second kappa shape index (κ2) is 10.9. The molecule has 0 spiro atoms. The summed E-state index contributed by atoms with van der Waals surface area (Å²) in [5.41, 5.74) is 14.3. The second-order valence-electron chi connectivity index (χ2n) is 7.54. The maximum Gasteiger partial charge on any atom is 0.247 e. The number of allylic oxidation sites excluding steroid dienone is 1. The number of nitrogens with two attached hydrogens (primary N) is 2. The second-order valence-corrected chi connectivity index (χ2v) is 8.46. The molecular formula is C25H24BrN5O2. The van der Waals surface area contributed by atoms with Gasteiger partial charge in [0.15, 0.2) is 0 Å². The van der Waals surface area contributed by atoms with E-state index in [-0.39, 0.29) is 5.91 Å². The number of nitrogens with zero attached hydrogens (tertiary/aromatic N) is 3. The van der Waals surface area contributed by atoms with Crippen LogP contribution in [0.25, 0.3) is 22.6 Å². The highest BCUT2D eigenvalue weighted by atomic mass is 79.9. The van der Waals surface area contributed by atoms with Crippen molar-refractivity contribution in [3.05, 3.63) is 63.8 Å². The quantitative estimate of drug-likeness (QED) is 0.343. The summed E-state index contributed by atoms with van der Waals surface area (Å²) in [6, 6.07) is 14.2. The molecule has 0 saturated carbocycles. The normalized spacial score (nSPS) is 12.2. The van der Waals surface area contributed by atoms with Crippen molar-refractivity contribution < 1.29 is 9.53 Å². The average Bonchev–Trinajstić information content (AvgIpc) is 3.20. The van der Waals surface area contributed by atoms with Gasteiger partial charge in [-0.15, -0.1) is 0 Å². The molecular weight excluding hydrogens is 482 g/mol. The van der Waals surface area contributed by atoms with E-state index in [1.165, 1.54) is 11.7 Å². The first-order valence-electron chi connectivity index (χ1n) is 10.4. The van der Waals surface area contributed by atoms with Crippen LogP contribution in [0.15, 0.2) is 47.1 Å². The first-order valence-corrected chi connectivity index (χ1v) is 11.2. The maximum absolute atomic E-state index is 13.1. The standard InChI is InChI=1S/C25H24BrN5O2/c1-33-24-8-5-16(13-28)10-17(24)11-18(14-29)21-15-31(23-7-6-19(26)12-20(21)23)25(32)22(30)4-2-3-9-27/h5-8,10-12,15,22H,2-4,9,27,30H2,1H3/b18-11+/t22-/m1/s1. The maximum atomic E-state index is 13.1. The Balaban J connectivity index is 2.14. The van der Waals surface area contributed by atoms with Crippen LogP contribution < -0.4 is 16.2 Å². The summed E-state index contributed by atoms with van der Waals surface area (Å²) in [4.78, 5) is 13.1. The largest absolute Gasteiger partial charge is 0.496 e. The number of carbonyl (C=O) groups is 1. The molecule has 0 radical (unpaired) electrons. The number of fused-ring (bicyclic) bond motifs is 1. The Morgan fingerprint density at radius 1 is 1.24 bits per heavy atom. The molecule has 4 N–H and O–H groups in total. The number of methoxy groups -OCH3 is 1. The van der Waals surface area contributed by atoms with Crippen LogP contribution in [-0.2, 0) is 0 Å². The summed E-state index contributed by atoms with van der Waals surface area (Å²) in [5, 5.41) is 20.0. The lowest BCUT2D eigenvalue weighted by molar-refractivity contribution is 0.0879. The van der Waals surface area contributed by atoms with Crippen molar-refractivity contribution in [1.82, 2.24) is 4.57 Å². The average molecular weight is 506 g/mol. The number of aromatic nitrogens is 1. The summed E-state index contributed by atoms with van der Waals surface area (Å²) in [7, 11) is 1.53.